The molecule has 6 heteroatoms. The van der Waals surface area contributed by atoms with Gasteiger partial charge in [-0.05, 0) is 25.1 Å². The molecule has 0 amide bonds. The predicted octanol–water partition coefficient (Wildman–Crippen LogP) is 0.976. The number of sulfone groups is 1. The van der Waals surface area contributed by atoms with Gasteiger partial charge < -0.3 is 5.73 Å². The molecule has 0 aliphatic carbocycles. The molecule has 4 nitrogen and oxygen atoms in total. The van der Waals surface area contributed by atoms with Gasteiger partial charge in [0.15, 0.2) is 9.84 Å². The van der Waals surface area contributed by atoms with Crippen LogP contribution in [0.15, 0.2) is 35.1 Å². The molecule has 1 aromatic rings. The zero-order valence-electron chi connectivity index (χ0n) is 8.85. The van der Waals surface area contributed by atoms with E-state index in [9.17, 15) is 12.8 Å². The lowest BCUT2D eigenvalue weighted by Gasteiger charge is -2.05. The fourth-order valence-electron chi connectivity index (χ4n) is 1.24. The second-order valence-corrected chi connectivity index (χ2v) is 5.19. The molecule has 0 aliphatic rings. The number of pyridine rings is 1. The van der Waals surface area contributed by atoms with E-state index in [4.69, 9.17) is 5.73 Å². The molecular formula is C10H13FN2O2S. The van der Waals surface area contributed by atoms with Crippen molar-refractivity contribution in [3.63, 3.8) is 0 Å². The van der Waals surface area contributed by atoms with Crippen molar-refractivity contribution in [2.45, 2.75) is 11.8 Å². The Kier molecular flexibility index (Phi) is 4.14. The van der Waals surface area contributed by atoms with E-state index < -0.39 is 21.4 Å². The van der Waals surface area contributed by atoms with E-state index in [1.165, 1.54) is 18.3 Å². The van der Waals surface area contributed by atoms with E-state index in [1.807, 2.05) is 0 Å². The highest BCUT2D eigenvalue weighted by atomic mass is 32.2. The molecular weight excluding hydrogens is 231 g/mol. The van der Waals surface area contributed by atoms with Gasteiger partial charge in [0.05, 0.1) is 10.6 Å². The summed E-state index contributed by atoms with van der Waals surface area (Å²) >= 11 is 0. The van der Waals surface area contributed by atoms with Crippen molar-refractivity contribution in [1.82, 2.24) is 4.98 Å². The zero-order valence-corrected chi connectivity index (χ0v) is 9.67. The maximum absolute atomic E-state index is 13.1. The molecule has 0 atom stereocenters. The summed E-state index contributed by atoms with van der Waals surface area (Å²) in [4.78, 5) is 3.90. The smallest absolute Gasteiger partial charge is 0.186 e. The summed E-state index contributed by atoms with van der Waals surface area (Å²) in [5.41, 5.74) is 5.46. The van der Waals surface area contributed by atoms with Crippen LogP contribution in [-0.4, -0.2) is 25.7 Å². The minimum atomic E-state index is -3.67. The average molecular weight is 244 g/mol. The number of aromatic nitrogens is 1. The first kappa shape index (κ1) is 12.8. The van der Waals surface area contributed by atoms with Crippen LogP contribution in [0.4, 0.5) is 4.39 Å². The van der Waals surface area contributed by atoms with Crippen LogP contribution in [0.2, 0.25) is 0 Å². The third-order valence-electron chi connectivity index (χ3n) is 1.96. The number of rotatable bonds is 4. The minimum Gasteiger partial charge on any atom is -0.327 e. The predicted molar refractivity (Wildman–Crippen MR) is 59.3 cm³/mol. The summed E-state index contributed by atoms with van der Waals surface area (Å²) in [5, 5.41) is 0. The van der Waals surface area contributed by atoms with E-state index >= 15 is 0 Å². The first-order valence-corrected chi connectivity index (χ1v) is 6.31. The monoisotopic (exact) mass is 244 g/mol. The first-order chi connectivity index (χ1) is 7.47. The lowest BCUT2D eigenvalue weighted by Crippen LogP contribution is -2.10. The Hall–Kier alpha value is -1.27. The molecule has 2 N–H and O–H groups in total. The summed E-state index contributed by atoms with van der Waals surface area (Å²) in [6.07, 6.45) is 2.53. The van der Waals surface area contributed by atoms with Crippen molar-refractivity contribution in [3.05, 3.63) is 35.9 Å². The Morgan fingerprint density at radius 1 is 1.62 bits per heavy atom. The molecule has 0 spiro atoms. The molecule has 0 aromatic carbocycles. The minimum absolute atomic E-state index is 0.0205. The Morgan fingerprint density at radius 2 is 2.31 bits per heavy atom. The fraction of sp³-hybridized carbons (Fsp3) is 0.300. The van der Waals surface area contributed by atoms with E-state index in [0.717, 1.165) is 6.08 Å². The van der Waals surface area contributed by atoms with Crippen LogP contribution in [0.1, 0.15) is 5.69 Å². The van der Waals surface area contributed by atoms with Gasteiger partial charge in [0.25, 0.3) is 0 Å². The molecule has 0 aliphatic heterocycles. The van der Waals surface area contributed by atoms with Gasteiger partial charge in [0, 0.05) is 12.7 Å². The second-order valence-electron chi connectivity index (χ2n) is 3.23. The highest BCUT2D eigenvalue weighted by Gasteiger charge is 2.19. The third kappa shape index (κ3) is 3.11. The maximum Gasteiger partial charge on any atom is 0.186 e. The van der Waals surface area contributed by atoms with Gasteiger partial charge in [-0.1, -0.05) is 0 Å². The van der Waals surface area contributed by atoms with Crippen LogP contribution in [0.25, 0.3) is 0 Å². The van der Waals surface area contributed by atoms with Gasteiger partial charge in [0.2, 0.25) is 0 Å². The number of halogens is 1. The number of nitrogens with zero attached hydrogens (tertiary/aromatic N) is 1. The summed E-state index contributed by atoms with van der Waals surface area (Å²) in [6.45, 7) is 1.55. The zero-order chi connectivity index (χ0) is 12.2. The molecule has 1 heterocycles. The summed E-state index contributed by atoms with van der Waals surface area (Å²) in [7, 11) is -3.67. The Labute approximate surface area is 93.9 Å². The van der Waals surface area contributed by atoms with E-state index in [2.05, 4.69) is 4.98 Å². The molecule has 16 heavy (non-hydrogen) atoms. The topological polar surface area (TPSA) is 73.0 Å². The van der Waals surface area contributed by atoms with Crippen molar-refractivity contribution in [2.24, 2.45) is 5.73 Å². The molecule has 0 saturated carbocycles. The SMILES string of the molecule is Cc1ncccc1S(=O)(=O)C/C(F)=C/CN. The van der Waals surface area contributed by atoms with E-state index in [0.29, 0.717) is 5.69 Å². The molecule has 0 bridgehead atoms. The van der Waals surface area contributed by atoms with Gasteiger partial charge in [-0.15, -0.1) is 0 Å². The highest BCUT2D eigenvalue weighted by Crippen LogP contribution is 2.16. The van der Waals surface area contributed by atoms with Crippen molar-refractivity contribution in [3.8, 4) is 0 Å². The molecule has 0 saturated heterocycles. The molecule has 0 unspecified atom stereocenters. The average Bonchev–Trinajstić information content (AvgIpc) is 2.17. The summed E-state index contributed by atoms with van der Waals surface area (Å²) in [5.74, 6) is -1.41. The number of nitrogens with two attached hydrogens (primary N) is 1. The number of aryl methyl sites for hydroxylation is 1. The van der Waals surface area contributed by atoms with Crippen LogP contribution < -0.4 is 5.73 Å². The Morgan fingerprint density at radius 3 is 2.88 bits per heavy atom. The first-order valence-electron chi connectivity index (χ1n) is 4.66. The lowest BCUT2D eigenvalue weighted by atomic mass is 10.4. The van der Waals surface area contributed by atoms with Gasteiger partial charge in [-0.2, -0.15) is 0 Å². The fourth-order valence-corrected chi connectivity index (χ4v) is 2.67. The van der Waals surface area contributed by atoms with Gasteiger partial charge in [0.1, 0.15) is 11.6 Å². The number of hydrogen-bond donors (Lipinski definition) is 1. The van der Waals surface area contributed by atoms with Gasteiger partial charge in [-0.25, -0.2) is 12.8 Å². The summed E-state index contributed by atoms with van der Waals surface area (Å²) in [6, 6.07) is 2.91. The van der Waals surface area contributed by atoms with Crippen LogP contribution >= 0.6 is 0 Å². The van der Waals surface area contributed by atoms with E-state index in [1.54, 1.807) is 6.92 Å². The second kappa shape index (κ2) is 5.18. The molecule has 0 radical (unpaired) electrons. The molecule has 1 rings (SSSR count). The van der Waals surface area contributed by atoms with Crippen molar-refractivity contribution in [1.29, 1.82) is 0 Å². The van der Waals surface area contributed by atoms with Crippen molar-refractivity contribution in [2.75, 3.05) is 12.3 Å². The largest absolute Gasteiger partial charge is 0.327 e. The Bertz CT molecular complexity index is 497. The quantitative estimate of drug-likeness (QED) is 0.856. The van der Waals surface area contributed by atoms with Crippen LogP contribution in [0.3, 0.4) is 0 Å². The standard InChI is InChI=1S/C10H13FN2O2S/c1-8-10(3-2-6-13-8)16(14,15)7-9(11)4-5-12/h2-4,6H,5,7,12H2,1H3/b9-4-. The van der Waals surface area contributed by atoms with Crippen molar-refractivity contribution >= 4 is 9.84 Å². The maximum atomic E-state index is 13.1. The molecule has 0 fully saturated rings. The van der Waals surface area contributed by atoms with Crippen LogP contribution in [0, 0.1) is 6.92 Å². The normalized spacial score (nSPS) is 12.8. The van der Waals surface area contributed by atoms with Crippen LogP contribution in [0.5, 0.6) is 0 Å². The third-order valence-corrected chi connectivity index (χ3v) is 3.72. The van der Waals surface area contributed by atoms with Gasteiger partial charge >= 0.3 is 0 Å². The number of hydrogen-bond acceptors (Lipinski definition) is 4. The summed E-state index contributed by atoms with van der Waals surface area (Å²) < 4.78 is 36.7. The van der Waals surface area contributed by atoms with Crippen LogP contribution in [-0.2, 0) is 9.84 Å². The molecule has 88 valence electrons. The lowest BCUT2D eigenvalue weighted by molar-refractivity contribution is 0.582. The molecule has 1 aromatic heterocycles. The Balaban J connectivity index is 3.04. The van der Waals surface area contributed by atoms with E-state index in [-0.39, 0.29) is 11.4 Å². The highest BCUT2D eigenvalue weighted by molar-refractivity contribution is 7.91. The van der Waals surface area contributed by atoms with Gasteiger partial charge in [-0.3, -0.25) is 4.98 Å². The van der Waals surface area contributed by atoms with Crippen molar-refractivity contribution < 1.29 is 12.8 Å².